The van der Waals surface area contributed by atoms with Crippen molar-refractivity contribution in [1.82, 2.24) is 10.6 Å². The predicted molar refractivity (Wildman–Crippen MR) is 95.9 cm³/mol. The smallest absolute Gasteiger partial charge is 0.0419 e. The minimum absolute atomic E-state index is 0.407. The fourth-order valence-corrected chi connectivity index (χ4v) is 4.55. The van der Waals surface area contributed by atoms with Crippen LogP contribution in [-0.4, -0.2) is 29.8 Å². The molecule has 2 atom stereocenters. The van der Waals surface area contributed by atoms with Crippen molar-refractivity contribution in [3.8, 4) is 0 Å². The molecule has 0 aromatic carbocycles. The number of rotatable bonds is 8. The van der Waals surface area contributed by atoms with Crippen LogP contribution in [0.15, 0.2) is 0 Å². The maximum atomic E-state index is 3.87. The Labute approximate surface area is 136 Å². The van der Waals surface area contributed by atoms with E-state index in [1.54, 1.807) is 0 Å². The Balaban J connectivity index is 1.62. The fourth-order valence-electron chi connectivity index (χ4n) is 4.05. The molecule has 2 rings (SSSR count). The molecule has 2 N–H and O–H groups in total. The summed E-state index contributed by atoms with van der Waals surface area (Å²) < 4.78 is 0. The van der Waals surface area contributed by atoms with Gasteiger partial charge in [-0.2, -0.15) is 0 Å². The molecule has 124 valence electrons. The van der Waals surface area contributed by atoms with Crippen molar-refractivity contribution in [2.24, 2.45) is 11.3 Å². The quantitative estimate of drug-likeness (QED) is 0.513. The lowest BCUT2D eigenvalue weighted by Gasteiger charge is -2.32. The van der Waals surface area contributed by atoms with Gasteiger partial charge in [0.25, 0.3) is 0 Å². The molecule has 0 radical (unpaired) electrons. The first-order valence-corrected chi connectivity index (χ1v) is 10.2. The lowest BCUT2D eigenvalue weighted by atomic mass is 9.84. The van der Waals surface area contributed by atoms with E-state index in [0.29, 0.717) is 16.5 Å². The predicted octanol–water partition coefficient (Wildman–Crippen LogP) is 4.40. The maximum Gasteiger partial charge on any atom is 0.0419 e. The third-order valence-electron chi connectivity index (χ3n) is 5.93. The highest BCUT2D eigenvalue weighted by atomic mass is 32.2. The van der Waals surface area contributed by atoms with Gasteiger partial charge in [0.2, 0.25) is 0 Å². The molecule has 2 fully saturated rings. The van der Waals surface area contributed by atoms with Gasteiger partial charge in [-0.1, -0.05) is 20.8 Å². The minimum atomic E-state index is 0.407. The van der Waals surface area contributed by atoms with Crippen molar-refractivity contribution in [2.45, 2.75) is 83.7 Å². The second-order valence-electron chi connectivity index (χ2n) is 8.68. The van der Waals surface area contributed by atoms with Gasteiger partial charge in [-0.05, 0) is 76.0 Å². The van der Waals surface area contributed by atoms with Crippen molar-refractivity contribution in [2.75, 3.05) is 18.7 Å². The van der Waals surface area contributed by atoms with Crippen LogP contribution >= 0.6 is 11.8 Å². The Bertz CT molecular complexity index is 333. The summed E-state index contributed by atoms with van der Waals surface area (Å²) in [5.41, 5.74) is 1.28. The molecule has 0 aromatic rings. The van der Waals surface area contributed by atoms with E-state index in [4.69, 9.17) is 0 Å². The standard InChI is InChI=1S/C18H36N2S/c1-16(2,3)18(10-11-18)19-12-6-7-15-8-9-17(4,13-15)20-14-21-5/h15,19-20H,6-14H2,1-5H3. The van der Waals surface area contributed by atoms with E-state index < -0.39 is 0 Å². The van der Waals surface area contributed by atoms with Gasteiger partial charge >= 0.3 is 0 Å². The molecule has 3 heteroatoms. The molecule has 21 heavy (non-hydrogen) atoms. The highest BCUT2D eigenvalue weighted by molar-refractivity contribution is 7.98. The second-order valence-corrected chi connectivity index (χ2v) is 9.55. The van der Waals surface area contributed by atoms with Gasteiger partial charge in [0.1, 0.15) is 0 Å². The van der Waals surface area contributed by atoms with E-state index in [1.165, 1.54) is 51.5 Å². The van der Waals surface area contributed by atoms with Crippen molar-refractivity contribution in [3.05, 3.63) is 0 Å². The zero-order valence-electron chi connectivity index (χ0n) is 14.8. The monoisotopic (exact) mass is 312 g/mol. The summed E-state index contributed by atoms with van der Waals surface area (Å²) in [7, 11) is 0. The van der Waals surface area contributed by atoms with E-state index in [-0.39, 0.29) is 0 Å². The molecule has 0 saturated heterocycles. The molecule has 2 nitrogen and oxygen atoms in total. The SMILES string of the molecule is CSCNC1(C)CCC(CCCNC2(C(C)(C)C)CC2)C1. The number of nitrogens with one attached hydrogen (secondary N) is 2. The summed E-state index contributed by atoms with van der Waals surface area (Å²) in [6.45, 7) is 10.8. The van der Waals surface area contributed by atoms with Gasteiger partial charge in [0.05, 0.1) is 0 Å². The third-order valence-corrected chi connectivity index (χ3v) is 6.36. The molecule has 2 aliphatic carbocycles. The van der Waals surface area contributed by atoms with Crippen LogP contribution in [0, 0.1) is 11.3 Å². The van der Waals surface area contributed by atoms with Crippen LogP contribution in [0.4, 0.5) is 0 Å². The van der Waals surface area contributed by atoms with Crippen LogP contribution < -0.4 is 10.6 Å². The molecule has 0 amide bonds. The lowest BCUT2D eigenvalue weighted by Crippen LogP contribution is -2.43. The van der Waals surface area contributed by atoms with Crippen LogP contribution in [0.5, 0.6) is 0 Å². The molecule has 0 spiro atoms. The second kappa shape index (κ2) is 6.80. The van der Waals surface area contributed by atoms with Crippen LogP contribution in [0.2, 0.25) is 0 Å². The Kier molecular flexibility index (Phi) is 5.71. The maximum absolute atomic E-state index is 3.87. The molecular weight excluding hydrogens is 276 g/mol. The van der Waals surface area contributed by atoms with Gasteiger partial charge in [-0.25, -0.2) is 0 Å². The van der Waals surface area contributed by atoms with Gasteiger partial charge in [0, 0.05) is 17.0 Å². The Morgan fingerprint density at radius 3 is 2.43 bits per heavy atom. The Morgan fingerprint density at radius 1 is 1.14 bits per heavy atom. The van der Waals surface area contributed by atoms with Crippen molar-refractivity contribution in [3.63, 3.8) is 0 Å². The molecule has 2 saturated carbocycles. The van der Waals surface area contributed by atoms with E-state index in [0.717, 1.165) is 11.8 Å². The van der Waals surface area contributed by atoms with Gasteiger partial charge in [0.15, 0.2) is 0 Å². The molecule has 0 heterocycles. The lowest BCUT2D eigenvalue weighted by molar-refractivity contribution is 0.243. The van der Waals surface area contributed by atoms with Crippen LogP contribution in [-0.2, 0) is 0 Å². The van der Waals surface area contributed by atoms with Crippen LogP contribution in [0.3, 0.4) is 0 Å². The van der Waals surface area contributed by atoms with Crippen molar-refractivity contribution < 1.29 is 0 Å². The summed E-state index contributed by atoms with van der Waals surface area (Å²) >= 11 is 1.90. The molecular formula is C18H36N2S. The average molecular weight is 313 g/mol. The average Bonchev–Trinajstić information content (AvgIpc) is 3.12. The van der Waals surface area contributed by atoms with E-state index in [1.807, 2.05) is 11.8 Å². The normalized spacial score (nSPS) is 31.6. The van der Waals surface area contributed by atoms with Crippen molar-refractivity contribution in [1.29, 1.82) is 0 Å². The van der Waals surface area contributed by atoms with E-state index in [2.05, 4.69) is 44.6 Å². The summed E-state index contributed by atoms with van der Waals surface area (Å²) in [6.07, 6.45) is 11.8. The van der Waals surface area contributed by atoms with Gasteiger partial charge in [-0.15, -0.1) is 11.8 Å². The van der Waals surface area contributed by atoms with Crippen LogP contribution in [0.25, 0.3) is 0 Å². The van der Waals surface area contributed by atoms with Crippen LogP contribution in [0.1, 0.15) is 72.6 Å². The topological polar surface area (TPSA) is 24.1 Å². The highest BCUT2D eigenvalue weighted by Gasteiger charge is 2.51. The molecule has 0 bridgehead atoms. The third kappa shape index (κ3) is 4.62. The molecule has 2 unspecified atom stereocenters. The van der Waals surface area contributed by atoms with Gasteiger partial charge in [-0.3, -0.25) is 0 Å². The fraction of sp³-hybridized carbons (Fsp3) is 1.00. The first kappa shape index (κ1) is 17.6. The Morgan fingerprint density at radius 2 is 1.86 bits per heavy atom. The molecule has 0 aromatic heterocycles. The number of thioether (sulfide) groups is 1. The summed E-state index contributed by atoms with van der Waals surface area (Å²) in [4.78, 5) is 0. The summed E-state index contributed by atoms with van der Waals surface area (Å²) in [6, 6.07) is 0. The first-order chi connectivity index (χ1) is 9.80. The highest BCUT2D eigenvalue weighted by Crippen LogP contribution is 2.49. The molecule has 2 aliphatic rings. The Hall–Kier alpha value is 0.270. The van der Waals surface area contributed by atoms with E-state index in [9.17, 15) is 0 Å². The minimum Gasteiger partial charge on any atom is -0.311 e. The first-order valence-electron chi connectivity index (χ1n) is 8.79. The molecule has 0 aliphatic heterocycles. The number of hydrogen-bond donors (Lipinski definition) is 2. The number of hydrogen-bond acceptors (Lipinski definition) is 3. The zero-order chi connectivity index (χ0) is 15.6. The van der Waals surface area contributed by atoms with E-state index >= 15 is 0 Å². The summed E-state index contributed by atoms with van der Waals surface area (Å²) in [5.74, 6) is 2.04. The zero-order valence-corrected chi connectivity index (χ0v) is 15.7. The summed E-state index contributed by atoms with van der Waals surface area (Å²) in [5, 5.41) is 7.60. The van der Waals surface area contributed by atoms with Crippen molar-refractivity contribution >= 4 is 11.8 Å². The van der Waals surface area contributed by atoms with Gasteiger partial charge < -0.3 is 10.6 Å². The largest absolute Gasteiger partial charge is 0.311 e.